The first-order chi connectivity index (χ1) is 8.69. The number of hydrogen-bond donors (Lipinski definition) is 1. The van der Waals surface area contributed by atoms with Gasteiger partial charge in [0.1, 0.15) is 0 Å². The van der Waals surface area contributed by atoms with Gasteiger partial charge in [0.15, 0.2) is 0 Å². The van der Waals surface area contributed by atoms with Gasteiger partial charge in [0.2, 0.25) is 0 Å². The van der Waals surface area contributed by atoms with E-state index in [0.717, 1.165) is 18.7 Å². The molecular weight excluding hydrogens is 222 g/mol. The monoisotopic (exact) mass is 243 g/mol. The van der Waals surface area contributed by atoms with Gasteiger partial charge in [-0.15, -0.1) is 0 Å². The molecule has 2 rings (SSSR count). The van der Waals surface area contributed by atoms with E-state index in [-0.39, 0.29) is 0 Å². The molecule has 0 aliphatic heterocycles. The van der Waals surface area contributed by atoms with Crippen LogP contribution in [0, 0.1) is 6.92 Å². The summed E-state index contributed by atoms with van der Waals surface area (Å²) in [5.41, 5.74) is 3.75. The molecule has 0 aliphatic carbocycles. The summed E-state index contributed by atoms with van der Waals surface area (Å²) in [6, 6.07) is 11.1. The van der Waals surface area contributed by atoms with Gasteiger partial charge in [0.05, 0.1) is 5.69 Å². The Morgan fingerprint density at radius 3 is 2.50 bits per heavy atom. The highest BCUT2D eigenvalue weighted by atomic mass is 15.2. The van der Waals surface area contributed by atoms with Crippen molar-refractivity contribution in [3.05, 3.63) is 53.3 Å². The molecule has 1 aromatic heterocycles. The number of rotatable bonds is 5. The minimum atomic E-state index is 0.338. The van der Waals surface area contributed by atoms with Gasteiger partial charge in [-0.25, -0.2) is 0 Å². The Hall–Kier alpha value is -1.61. The molecule has 0 amide bonds. The molecule has 2 aromatic rings. The highest BCUT2D eigenvalue weighted by molar-refractivity contribution is 5.25. The molecule has 1 heterocycles. The summed E-state index contributed by atoms with van der Waals surface area (Å²) in [6.07, 6.45) is 2.92. The SMILES string of the molecule is CCNC(Cc1ccn(C)n1)c1ccc(C)cc1. The molecule has 0 bridgehead atoms. The summed E-state index contributed by atoms with van der Waals surface area (Å²) >= 11 is 0. The zero-order valence-electron chi connectivity index (χ0n) is 11.4. The maximum absolute atomic E-state index is 4.45. The van der Waals surface area contributed by atoms with Crippen LogP contribution >= 0.6 is 0 Å². The third-order valence-electron chi connectivity index (χ3n) is 3.11. The second-order valence-corrected chi connectivity index (χ2v) is 4.71. The second-order valence-electron chi connectivity index (χ2n) is 4.71. The van der Waals surface area contributed by atoms with Crippen molar-refractivity contribution < 1.29 is 0 Å². The maximum Gasteiger partial charge on any atom is 0.0643 e. The lowest BCUT2D eigenvalue weighted by Crippen LogP contribution is -2.23. The molecule has 0 aliphatic rings. The lowest BCUT2D eigenvalue weighted by Gasteiger charge is -2.17. The van der Waals surface area contributed by atoms with Crippen LogP contribution in [0.1, 0.15) is 29.8 Å². The third-order valence-corrected chi connectivity index (χ3v) is 3.11. The van der Waals surface area contributed by atoms with Crippen LogP contribution in [0.4, 0.5) is 0 Å². The Kier molecular flexibility index (Phi) is 4.15. The largest absolute Gasteiger partial charge is 0.310 e. The normalized spacial score (nSPS) is 12.6. The Morgan fingerprint density at radius 2 is 1.94 bits per heavy atom. The van der Waals surface area contributed by atoms with Gasteiger partial charge in [-0.3, -0.25) is 4.68 Å². The van der Waals surface area contributed by atoms with E-state index >= 15 is 0 Å². The van der Waals surface area contributed by atoms with Gasteiger partial charge < -0.3 is 5.32 Å². The first kappa shape index (κ1) is 12.8. The van der Waals surface area contributed by atoms with Crippen molar-refractivity contribution in [2.75, 3.05) is 6.54 Å². The van der Waals surface area contributed by atoms with Crippen molar-refractivity contribution in [2.24, 2.45) is 7.05 Å². The van der Waals surface area contributed by atoms with Gasteiger partial charge in [-0.1, -0.05) is 36.8 Å². The Balaban J connectivity index is 2.14. The molecule has 3 heteroatoms. The maximum atomic E-state index is 4.45. The highest BCUT2D eigenvalue weighted by Crippen LogP contribution is 2.18. The Labute approximate surface area is 109 Å². The quantitative estimate of drug-likeness (QED) is 0.875. The molecule has 0 saturated heterocycles. The lowest BCUT2D eigenvalue weighted by atomic mass is 10.0. The zero-order chi connectivity index (χ0) is 13.0. The van der Waals surface area contributed by atoms with E-state index in [0.29, 0.717) is 6.04 Å². The van der Waals surface area contributed by atoms with Crippen LogP contribution in [0.3, 0.4) is 0 Å². The average molecular weight is 243 g/mol. The first-order valence-corrected chi connectivity index (χ1v) is 6.47. The number of nitrogens with zero attached hydrogens (tertiary/aromatic N) is 2. The lowest BCUT2D eigenvalue weighted by molar-refractivity contribution is 0.539. The predicted octanol–water partition coefficient (Wildman–Crippen LogP) is 2.62. The Bertz CT molecular complexity index is 485. The molecule has 0 fully saturated rings. The summed E-state index contributed by atoms with van der Waals surface area (Å²) in [5, 5.41) is 7.98. The summed E-state index contributed by atoms with van der Waals surface area (Å²) in [5.74, 6) is 0. The molecule has 0 radical (unpaired) electrons. The van der Waals surface area contributed by atoms with Crippen molar-refractivity contribution >= 4 is 0 Å². The van der Waals surface area contributed by atoms with Crippen molar-refractivity contribution in [1.29, 1.82) is 0 Å². The fourth-order valence-electron chi connectivity index (χ4n) is 2.13. The summed E-state index contributed by atoms with van der Waals surface area (Å²) in [4.78, 5) is 0. The fourth-order valence-corrected chi connectivity index (χ4v) is 2.13. The van der Waals surface area contributed by atoms with Crippen LogP contribution in [-0.2, 0) is 13.5 Å². The molecule has 1 atom stereocenters. The van der Waals surface area contributed by atoms with Crippen molar-refractivity contribution in [1.82, 2.24) is 15.1 Å². The van der Waals surface area contributed by atoms with Crippen molar-refractivity contribution in [3.63, 3.8) is 0 Å². The average Bonchev–Trinajstić information content (AvgIpc) is 2.75. The zero-order valence-corrected chi connectivity index (χ0v) is 11.4. The van der Waals surface area contributed by atoms with Crippen molar-refractivity contribution in [3.8, 4) is 0 Å². The van der Waals surface area contributed by atoms with E-state index in [1.54, 1.807) is 0 Å². The van der Waals surface area contributed by atoms with Crippen LogP contribution in [0.5, 0.6) is 0 Å². The fraction of sp³-hybridized carbons (Fsp3) is 0.400. The van der Waals surface area contributed by atoms with Crippen LogP contribution < -0.4 is 5.32 Å². The third kappa shape index (κ3) is 3.20. The summed E-state index contributed by atoms with van der Waals surface area (Å²) < 4.78 is 1.85. The molecule has 3 nitrogen and oxygen atoms in total. The predicted molar refractivity (Wildman–Crippen MR) is 74.5 cm³/mol. The van der Waals surface area contributed by atoms with Gasteiger partial charge in [0, 0.05) is 25.7 Å². The summed E-state index contributed by atoms with van der Waals surface area (Å²) in [6.45, 7) is 5.22. The van der Waals surface area contributed by atoms with Crippen LogP contribution in [0.15, 0.2) is 36.5 Å². The molecule has 1 aromatic carbocycles. The van der Waals surface area contributed by atoms with Gasteiger partial charge >= 0.3 is 0 Å². The molecular formula is C15H21N3. The van der Waals surface area contributed by atoms with Crippen LogP contribution in [-0.4, -0.2) is 16.3 Å². The van der Waals surface area contributed by atoms with E-state index in [2.05, 4.69) is 54.6 Å². The van der Waals surface area contributed by atoms with E-state index in [1.807, 2.05) is 17.9 Å². The van der Waals surface area contributed by atoms with Crippen LogP contribution in [0.2, 0.25) is 0 Å². The molecule has 96 valence electrons. The van der Waals surface area contributed by atoms with E-state index < -0.39 is 0 Å². The van der Waals surface area contributed by atoms with E-state index in [9.17, 15) is 0 Å². The minimum Gasteiger partial charge on any atom is -0.310 e. The first-order valence-electron chi connectivity index (χ1n) is 6.47. The van der Waals surface area contributed by atoms with Gasteiger partial charge in [-0.2, -0.15) is 5.10 Å². The topological polar surface area (TPSA) is 29.9 Å². The number of likely N-dealkylation sites (N-methyl/N-ethyl adjacent to an activating group) is 1. The number of benzene rings is 1. The smallest absolute Gasteiger partial charge is 0.0643 e. The second kappa shape index (κ2) is 5.83. The number of nitrogens with one attached hydrogen (secondary N) is 1. The molecule has 18 heavy (non-hydrogen) atoms. The van der Waals surface area contributed by atoms with Crippen LogP contribution in [0.25, 0.3) is 0 Å². The van der Waals surface area contributed by atoms with Gasteiger partial charge in [-0.05, 0) is 25.1 Å². The van der Waals surface area contributed by atoms with Crippen molar-refractivity contribution in [2.45, 2.75) is 26.3 Å². The number of hydrogen-bond acceptors (Lipinski definition) is 2. The number of aromatic nitrogens is 2. The molecule has 0 spiro atoms. The molecule has 1 N–H and O–H groups in total. The minimum absolute atomic E-state index is 0.338. The Morgan fingerprint density at radius 1 is 1.22 bits per heavy atom. The summed E-state index contributed by atoms with van der Waals surface area (Å²) in [7, 11) is 1.96. The molecule has 0 saturated carbocycles. The highest BCUT2D eigenvalue weighted by Gasteiger charge is 2.12. The van der Waals surface area contributed by atoms with E-state index in [4.69, 9.17) is 0 Å². The number of aryl methyl sites for hydroxylation is 2. The standard InChI is InChI=1S/C15H21N3/c1-4-16-15(11-14-9-10-18(3)17-14)13-7-5-12(2)6-8-13/h5-10,15-16H,4,11H2,1-3H3. The van der Waals surface area contributed by atoms with E-state index in [1.165, 1.54) is 11.1 Å². The molecule has 1 unspecified atom stereocenters. The van der Waals surface area contributed by atoms with Gasteiger partial charge in [0.25, 0.3) is 0 Å².